The molecule has 4 rings (SSSR count). The van der Waals surface area contributed by atoms with E-state index in [0.717, 1.165) is 11.1 Å². The molecule has 3 aromatic rings. The maximum atomic E-state index is 14.1. The van der Waals surface area contributed by atoms with Crippen LogP contribution in [0.1, 0.15) is 21.6 Å². The van der Waals surface area contributed by atoms with Crippen LogP contribution < -0.4 is 0 Å². The molecule has 1 N–H and O–H groups in total. The molecule has 0 bridgehead atoms. The predicted molar refractivity (Wildman–Crippen MR) is 125 cm³/mol. The van der Waals surface area contributed by atoms with Crippen molar-refractivity contribution in [2.45, 2.75) is 13.3 Å². The third-order valence-electron chi connectivity index (χ3n) is 6.06. The summed E-state index contributed by atoms with van der Waals surface area (Å²) in [6, 6.07) is 14.2. The van der Waals surface area contributed by atoms with E-state index >= 15 is 0 Å². The summed E-state index contributed by atoms with van der Waals surface area (Å²) in [4.78, 5) is 29.9. The van der Waals surface area contributed by atoms with Gasteiger partial charge in [-0.1, -0.05) is 48.5 Å². The molecule has 1 aromatic heterocycles. The topological polar surface area (TPSA) is 69.3 Å². The molecule has 33 heavy (non-hydrogen) atoms. The quantitative estimate of drug-likeness (QED) is 0.585. The number of aryl methyl sites for hydroxylation is 1. The summed E-state index contributed by atoms with van der Waals surface area (Å²) in [5, 5.41) is 6.76. The monoisotopic (exact) mass is 446 g/mol. The maximum Gasteiger partial charge on any atom is 0.257 e. The second kappa shape index (κ2) is 9.81. The van der Waals surface area contributed by atoms with Gasteiger partial charge in [0.25, 0.3) is 5.91 Å². The van der Waals surface area contributed by atoms with Crippen molar-refractivity contribution in [3.05, 3.63) is 90.0 Å². The zero-order valence-corrected chi connectivity index (χ0v) is 18.6. The van der Waals surface area contributed by atoms with E-state index in [1.54, 1.807) is 34.1 Å². The average Bonchev–Trinajstić information content (AvgIpc) is 3.19. The number of carbonyl (C=O) groups is 2. The summed E-state index contributed by atoms with van der Waals surface area (Å²) in [7, 11) is 0. The van der Waals surface area contributed by atoms with Gasteiger partial charge in [0.1, 0.15) is 5.82 Å². The molecule has 2 amide bonds. The normalized spacial score (nSPS) is 16.5. The number of nitrogens with one attached hydrogen (secondary N) is 1. The Balaban J connectivity index is 1.56. The molecule has 0 aliphatic carbocycles. The van der Waals surface area contributed by atoms with Gasteiger partial charge in [0.05, 0.1) is 17.7 Å². The van der Waals surface area contributed by atoms with Crippen LogP contribution in [0.25, 0.3) is 11.1 Å². The highest BCUT2D eigenvalue weighted by molar-refractivity contribution is 5.95. The third-order valence-corrected chi connectivity index (χ3v) is 6.06. The first kappa shape index (κ1) is 22.5. The number of aromatic nitrogens is 2. The Kier molecular flexibility index (Phi) is 6.68. The molecule has 0 saturated carbocycles. The molecule has 170 valence electrons. The van der Waals surface area contributed by atoms with Gasteiger partial charge in [0, 0.05) is 37.4 Å². The summed E-state index contributed by atoms with van der Waals surface area (Å²) in [5.41, 5.74) is 3.51. The summed E-state index contributed by atoms with van der Waals surface area (Å²) in [5.74, 6) is -0.780. The van der Waals surface area contributed by atoms with Crippen molar-refractivity contribution >= 4 is 11.8 Å². The molecule has 1 aliphatic rings. The first-order chi connectivity index (χ1) is 16.0. The van der Waals surface area contributed by atoms with Gasteiger partial charge in [0.15, 0.2) is 0 Å². The Labute approximate surface area is 192 Å². The van der Waals surface area contributed by atoms with Crippen molar-refractivity contribution in [1.82, 2.24) is 20.0 Å². The van der Waals surface area contributed by atoms with E-state index in [0.29, 0.717) is 49.4 Å². The van der Waals surface area contributed by atoms with Crippen LogP contribution in [0.15, 0.2) is 67.4 Å². The molecule has 1 saturated heterocycles. The molecule has 1 aliphatic heterocycles. The zero-order valence-electron chi connectivity index (χ0n) is 18.6. The van der Waals surface area contributed by atoms with Crippen LogP contribution in [0, 0.1) is 18.7 Å². The second-order valence-electron chi connectivity index (χ2n) is 8.31. The minimum absolute atomic E-state index is 0.00676. The molecular formula is C26H27FN4O2. The van der Waals surface area contributed by atoms with Gasteiger partial charge in [-0.15, -0.1) is 6.58 Å². The third kappa shape index (κ3) is 4.87. The fourth-order valence-electron chi connectivity index (χ4n) is 4.26. The Morgan fingerprint density at radius 3 is 2.64 bits per heavy atom. The molecule has 6 nitrogen and oxygen atoms in total. The molecular weight excluding hydrogens is 419 g/mol. The first-order valence-corrected chi connectivity index (χ1v) is 11.0. The zero-order chi connectivity index (χ0) is 23.4. The van der Waals surface area contributed by atoms with Crippen molar-refractivity contribution in [3.8, 4) is 11.1 Å². The van der Waals surface area contributed by atoms with Crippen LogP contribution in [0.5, 0.6) is 0 Å². The number of H-pyrrole nitrogens is 1. The van der Waals surface area contributed by atoms with E-state index in [9.17, 15) is 14.0 Å². The van der Waals surface area contributed by atoms with Crippen molar-refractivity contribution < 1.29 is 14.0 Å². The lowest BCUT2D eigenvalue weighted by Gasteiger charge is -2.23. The fraction of sp³-hybridized carbons (Fsp3) is 0.269. The second-order valence-corrected chi connectivity index (χ2v) is 8.31. The number of halogens is 1. The van der Waals surface area contributed by atoms with Crippen LogP contribution in [0.3, 0.4) is 0 Å². The number of rotatable bonds is 6. The lowest BCUT2D eigenvalue weighted by atomic mass is 9.95. The molecule has 7 heteroatoms. The van der Waals surface area contributed by atoms with E-state index < -0.39 is 0 Å². The van der Waals surface area contributed by atoms with Crippen LogP contribution in [0.4, 0.5) is 4.39 Å². The van der Waals surface area contributed by atoms with Gasteiger partial charge in [-0.05, 0) is 30.5 Å². The van der Waals surface area contributed by atoms with Gasteiger partial charge in [-0.2, -0.15) is 5.10 Å². The van der Waals surface area contributed by atoms with E-state index in [-0.39, 0.29) is 23.5 Å². The minimum atomic E-state index is -0.386. The lowest BCUT2D eigenvalue weighted by Crippen LogP contribution is -2.38. The van der Waals surface area contributed by atoms with Gasteiger partial charge < -0.3 is 9.80 Å². The van der Waals surface area contributed by atoms with Crippen LogP contribution in [-0.4, -0.2) is 58.0 Å². The largest absolute Gasteiger partial charge is 0.337 e. The molecule has 1 fully saturated rings. The molecule has 0 spiro atoms. The Morgan fingerprint density at radius 1 is 1.21 bits per heavy atom. The summed E-state index contributed by atoms with van der Waals surface area (Å²) >= 11 is 0. The number of amides is 2. The number of carbonyl (C=O) groups excluding carboxylic acids is 2. The molecule has 0 radical (unpaired) electrons. The highest BCUT2D eigenvalue weighted by Gasteiger charge is 2.32. The SMILES string of the molecule is C=CCN1CCN(C(=O)c2cn[nH]c2C)C[C@H](Cc2ccc(-c3ccccc3F)cc2)C1=O. The maximum absolute atomic E-state index is 14.1. The van der Waals surface area contributed by atoms with Crippen LogP contribution in [-0.2, 0) is 11.2 Å². The number of nitrogens with zero attached hydrogens (tertiary/aromatic N) is 3. The Bertz CT molecular complexity index is 1160. The lowest BCUT2D eigenvalue weighted by molar-refractivity contribution is -0.134. The Hall–Kier alpha value is -3.74. The van der Waals surface area contributed by atoms with Gasteiger partial charge >= 0.3 is 0 Å². The summed E-state index contributed by atoms with van der Waals surface area (Å²) < 4.78 is 14.1. The summed E-state index contributed by atoms with van der Waals surface area (Å²) in [6.45, 7) is 7.24. The van der Waals surface area contributed by atoms with Crippen molar-refractivity contribution in [2.24, 2.45) is 5.92 Å². The highest BCUT2D eigenvalue weighted by atomic mass is 19.1. The molecule has 0 unspecified atom stereocenters. The van der Waals surface area contributed by atoms with E-state index in [1.165, 1.54) is 12.3 Å². The number of hydrogen-bond acceptors (Lipinski definition) is 3. The highest BCUT2D eigenvalue weighted by Crippen LogP contribution is 2.25. The van der Waals surface area contributed by atoms with Crippen molar-refractivity contribution in [2.75, 3.05) is 26.2 Å². The van der Waals surface area contributed by atoms with Crippen LogP contribution >= 0.6 is 0 Å². The van der Waals surface area contributed by atoms with Crippen molar-refractivity contribution in [3.63, 3.8) is 0 Å². The molecule has 2 heterocycles. The fourth-order valence-corrected chi connectivity index (χ4v) is 4.26. The van der Waals surface area contributed by atoms with Crippen LogP contribution in [0.2, 0.25) is 0 Å². The Morgan fingerprint density at radius 2 is 1.97 bits per heavy atom. The standard InChI is InChI=1S/C26H27FN4O2/c1-3-12-30-13-14-31(26(33)23-16-28-29-18(23)2)17-21(25(30)32)15-19-8-10-20(11-9-19)22-6-4-5-7-24(22)27/h3-11,16,21H,1,12-15,17H2,2H3,(H,28,29)/t21-/m0/s1. The smallest absolute Gasteiger partial charge is 0.257 e. The van der Waals surface area contributed by atoms with Gasteiger partial charge in [0.2, 0.25) is 5.91 Å². The van der Waals surface area contributed by atoms with E-state index in [2.05, 4.69) is 16.8 Å². The van der Waals surface area contributed by atoms with E-state index in [4.69, 9.17) is 0 Å². The number of benzene rings is 2. The minimum Gasteiger partial charge on any atom is -0.337 e. The molecule has 1 atom stereocenters. The number of hydrogen-bond donors (Lipinski definition) is 1. The van der Waals surface area contributed by atoms with Gasteiger partial charge in [-0.25, -0.2) is 4.39 Å². The average molecular weight is 447 g/mol. The summed E-state index contributed by atoms with van der Waals surface area (Å²) in [6.07, 6.45) is 3.72. The van der Waals surface area contributed by atoms with Gasteiger partial charge in [-0.3, -0.25) is 14.7 Å². The molecule has 2 aromatic carbocycles. The van der Waals surface area contributed by atoms with Crippen molar-refractivity contribution in [1.29, 1.82) is 0 Å². The van der Waals surface area contributed by atoms with E-state index in [1.807, 2.05) is 31.2 Å². The first-order valence-electron chi connectivity index (χ1n) is 11.0. The number of aromatic amines is 1. The predicted octanol–water partition coefficient (Wildman–Crippen LogP) is 3.85.